The number of hydrogen-bond donors (Lipinski definition) is 2. The molecule has 0 fully saturated rings. The monoisotopic (exact) mass is 565 g/mol. The molecule has 0 unspecified atom stereocenters. The Morgan fingerprint density at radius 1 is 0.950 bits per heavy atom. The Morgan fingerprint density at radius 2 is 1.68 bits per heavy atom. The van der Waals surface area contributed by atoms with Crippen molar-refractivity contribution >= 4 is 46.3 Å². The lowest BCUT2D eigenvalue weighted by atomic mass is 10.0. The molecule has 1 aliphatic rings. The van der Waals surface area contributed by atoms with Gasteiger partial charge < -0.3 is 24.8 Å². The highest BCUT2D eigenvalue weighted by Gasteiger charge is 2.45. The van der Waals surface area contributed by atoms with Crippen molar-refractivity contribution in [2.24, 2.45) is 0 Å². The van der Waals surface area contributed by atoms with E-state index in [1.54, 1.807) is 18.2 Å². The molecule has 0 saturated heterocycles. The minimum atomic E-state index is -3.94. The summed E-state index contributed by atoms with van der Waals surface area (Å²) in [4.78, 5) is 44.0. The SMILES string of the molecule is CN(c1ccc(Cl)cc1)c1ccc(C(=O)c2ccc(NC(=O)c3cccc4c3OC(F)(F)O4)c(C(=O)O)c2)nc1. The fraction of sp³-hybridized carbons (Fsp3) is 0.0714. The lowest BCUT2D eigenvalue weighted by Gasteiger charge is -2.19. The number of nitrogens with zero attached hydrogens (tertiary/aromatic N) is 2. The molecular formula is C28H18ClF2N3O6. The van der Waals surface area contributed by atoms with Gasteiger partial charge in [-0.1, -0.05) is 17.7 Å². The predicted octanol–water partition coefficient (Wildman–Crippen LogP) is 6.01. The Morgan fingerprint density at radius 3 is 2.35 bits per heavy atom. The number of para-hydroxylation sites is 1. The van der Waals surface area contributed by atoms with E-state index in [1.165, 1.54) is 42.6 Å². The number of ether oxygens (including phenoxy) is 2. The first-order valence-corrected chi connectivity index (χ1v) is 12.0. The number of alkyl halides is 2. The van der Waals surface area contributed by atoms with E-state index in [4.69, 9.17) is 11.6 Å². The number of hydrogen-bond acceptors (Lipinski definition) is 7. The Kier molecular flexibility index (Phi) is 6.82. The summed E-state index contributed by atoms with van der Waals surface area (Å²) in [7, 11) is 1.82. The van der Waals surface area contributed by atoms with Gasteiger partial charge in [0.1, 0.15) is 5.69 Å². The third-order valence-corrected chi connectivity index (χ3v) is 6.27. The highest BCUT2D eigenvalue weighted by Crippen LogP contribution is 2.43. The summed E-state index contributed by atoms with van der Waals surface area (Å²) >= 11 is 5.94. The molecule has 12 heteroatoms. The normalized spacial score (nSPS) is 13.0. The van der Waals surface area contributed by atoms with Gasteiger partial charge >= 0.3 is 12.3 Å². The number of carbonyl (C=O) groups is 3. The summed E-state index contributed by atoms with van der Waals surface area (Å²) in [6, 6.07) is 17.7. The smallest absolute Gasteiger partial charge is 0.478 e. The van der Waals surface area contributed by atoms with Gasteiger partial charge in [-0.3, -0.25) is 14.6 Å². The van der Waals surface area contributed by atoms with E-state index in [0.29, 0.717) is 10.7 Å². The zero-order valence-corrected chi connectivity index (χ0v) is 21.3. The Hall–Kier alpha value is -5.03. The Bertz CT molecular complexity index is 1650. The van der Waals surface area contributed by atoms with Crippen LogP contribution in [0.4, 0.5) is 25.8 Å². The molecule has 0 atom stereocenters. The van der Waals surface area contributed by atoms with Crippen LogP contribution < -0.4 is 19.7 Å². The average molecular weight is 566 g/mol. The number of rotatable bonds is 7. The maximum Gasteiger partial charge on any atom is 0.586 e. The molecular weight excluding hydrogens is 548 g/mol. The molecule has 0 spiro atoms. The number of fused-ring (bicyclic) bond motifs is 1. The standard InChI is InChI=1S/C28H18ClF2N3O6/c1-34(17-8-6-16(29)7-9-17)18-10-12-22(32-14-18)24(35)15-5-11-21(20(13-15)27(37)38)33-26(36)19-3-2-4-23-25(19)40-28(30,31)39-23/h2-14H,1H3,(H,33,36)(H,37,38). The number of anilines is 3. The van der Waals surface area contributed by atoms with Crippen LogP contribution in [-0.2, 0) is 0 Å². The van der Waals surface area contributed by atoms with Crippen LogP contribution in [0.25, 0.3) is 0 Å². The van der Waals surface area contributed by atoms with Crippen molar-refractivity contribution in [2.75, 3.05) is 17.3 Å². The van der Waals surface area contributed by atoms with Crippen LogP contribution in [0.15, 0.2) is 79.0 Å². The number of halogens is 3. The molecule has 4 aromatic rings. The minimum Gasteiger partial charge on any atom is -0.478 e. The van der Waals surface area contributed by atoms with Crippen LogP contribution in [0, 0.1) is 0 Å². The lowest BCUT2D eigenvalue weighted by molar-refractivity contribution is -0.286. The average Bonchev–Trinajstić information content (AvgIpc) is 3.26. The van der Waals surface area contributed by atoms with Gasteiger partial charge in [-0.2, -0.15) is 0 Å². The number of pyridine rings is 1. The van der Waals surface area contributed by atoms with Gasteiger partial charge in [-0.25, -0.2) is 4.79 Å². The summed E-state index contributed by atoms with van der Waals surface area (Å²) in [5, 5.41) is 12.7. The number of benzene rings is 3. The van der Waals surface area contributed by atoms with E-state index in [0.717, 1.165) is 11.8 Å². The van der Waals surface area contributed by atoms with Crippen LogP contribution in [0.1, 0.15) is 36.8 Å². The van der Waals surface area contributed by atoms with Crippen molar-refractivity contribution in [3.8, 4) is 11.5 Å². The first kappa shape index (κ1) is 26.6. The van der Waals surface area contributed by atoms with Gasteiger partial charge in [0.15, 0.2) is 11.5 Å². The third kappa shape index (κ3) is 5.27. The molecule has 3 aromatic carbocycles. The number of aromatic nitrogens is 1. The molecule has 202 valence electrons. The Labute approximate surface area is 230 Å². The van der Waals surface area contributed by atoms with Gasteiger partial charge in [0, 0.05) is 23.3 Å². The summed E-state index contributed by atoms with van der Waals surface area (Å²) in [6.45, 7) is 0. The van der Waals surface area contributed by atoms with Gasteiger partial charge in [0.25, 0.3) is 5.91 Å². The summed E-state index contributed by atoms with van der Waals surface area (Å²) in [5.74, 6) is -3.71. The molecule has 40 heavy (non-hydrogen) atoms. The predicted molar refractivity (Wildman–Crippen MR) is 141 cm³/mol. The van der Waals surface area contributed by atoms with Crippen LogP contribution in [0.5, 0.6) is 11.5 Å². The highest BCUT2D eigenvalue weighted by atomic mass is 35.5. The fourth-order valence-corrected chi connectivity index (χ4v) is 4.12. The maximum absolute atomic E-state index is 13.5. The zero-order valence-electron chi connectivity index (χ0n) is 20.5. The van der Waals surface area contributed by atoms with E-state index in [1.807, 2.05) is 24.1 Å². The highest BCUT2D eigenvalue weighted by molar-refractivity contribution is 6.30. The molecule has 5 rings (SSSR count). The van der Waals surface area contributed by atoms with Gasteiger partial charge in [0.2, 0.25) is 5.78 Å². The van der Waals surface area contributed by atoms with Crippen LogP contribution in [-0.4, -0.2) is 41.1 Å². The van der Waals surface area contributed by atoms with Crippen molar-refractivity contribution in [2.45, 2.75) is 6.29 Å². The quantitative estimate of drug-likeness (QED) is 0.262. The fourth-order valence-electron chi connectivity index (χ4n) is 3.99. The second kappa shape index (κ2) is 10.3. The molecule has 0 radical (unpaired) electrons. The molecule has 0 saturated carbocycles. The van der Waals surface area contributed by atoms with E-state index >= 15 is 0 Å². The molecule has 1 aliphatic heterocycles. The number of amides is 1. The zero-order chi connectivity index (χ0) is 28.6. The number of carbonyl (C=O) groups excluding carboxylic acids is 2. The summed E-state index contributed by atoms with van der Waals surface area (Å²) < 4.78 is 35.8. The van der Waals surface area contributed by atoms with E-state index in [-0.39, 0.29) is 28.3 Å². The maximum atomic E-state index is 13.5. The lowest BCUT2D eigenvalue weighted by Crippen LogP contribution is -2.26. The number of ketones is 1. The Balaban J connectivity index is 1.36. The molecule has 1 amide bonds. The second-order valence-corrected chi connectivity index (χ2v) is 9.02. The first-order valence-electron chi connectivity index (χ1n) is 11.6. The van der Waals surface area contributed by atoms with Gasteiger partial charge in [-0.05, 0) is 66.7 Å². The third-order valence-electron chi connectivity index (χ3n) is 6.02. The van der Waals surface area contributed by atoms with Crippen LogP contribution in [0.3, 0.4) is 0 Å². The van der Waals surface area contributed by atoms with Crippen molar-refractivity contribution in [1.29, 1.82) is 0 Å². The summed E-state index contributed by atoms with van der Waals surface area (Å²) in [6.07, 6.45) is -2.44. The first-order chi connectivity index (χ1) is 19.0. The molecule has 2 N–H and O–H groups in total. The molecule has 9 nitrogen and oxygen atoms in total. The molecule has 0 aliphatic carbocycles. The van der Waals surface area contributed by atoms with Crippen LogP contribution >= 0.6 is 11.6 Å². The van der Waals surface area contributed by atoms with Gasteiger partial charge in [0.05, 0.1) is 28.7 Å². The van der Waals surface area contributed by atoms with E-state index in [9.17, 15) is 28.3 Å². The molecule has 2 heterocycles. The number of carboxylic acids is 1. The summed E-state index contributed by atoms with van der Waals surface area (Å²) in [5.41, 5.74) is 0.778. The topological polar surface area (TPSA) is 118 Å². The van der Waals surface area contributed by atoms with Crippen molar-refractivity contribution < 1.29 is 37.7 Å². The number of carboxylic acid groups (broad SMARTS) is 1. The van der Waals surface area contributed by atoms with E-state index in [2.05, 4.69) is 19.8 Å². The second-order valence-electron chi connectivity index (χ2n) is 8.59. The van der Waals surface area contributed by atoms with Crippen molar-refractivity contribution in [3.63, 3.8) is 0 Å². The van der Waals surface area contributed by atoms with Crippen molar-refractivity contribution in [3.05, 3.63) is 106 Å². The largest absolute Gasteiger partial charge is 0.586 e. The van der Waals surface area contributed by atoms with E-state index < -0.39 is 35.3 Å². The van der Waals surface area contributed by atoms with Gasteiger partial charge in [-0.15, -0.1) is 8.78 Å². The minimum absolute atomic E-state index is 0.0127. The van der Waals surface area contributed by atoms with Crippen molar-refractivity contribution in [1.82, 2.24) is 4.98 Å². The number of aromatic carboxylic acids is 1. The van der Waals surface area contributed by atoms with Crippen LogP contribution in [0.2, 0.25) is 5.02 Å². The number of nitrogens with one attached hydrogen (secondary N) is 1. The molecule has 1 aromatic heterocycles. The molecule has 0 bridgehead atoms.